The minimum atomic E-state index is -1.32. The smallest absolute Gasteiger partial charge is 0.405 e. The Balaban J connectivity index is 1.87. The van der Waals surface area contributed by atoms with Crippen LogP contribution in [-0.2, 0) is 11.2 Å². The molecule has 1 aliphatic heterocycles. The van der Waals surface area contributed by atoms with Crippen molar-refractivity contribution in [3.63, 3.8) is 0 Å². The number of carbonyl (C=O) groups excluding carboxylic acids is 1. The highest BCUT2D eigenvalue weighted by Gasteiger charge is 2.33. The molecule has 0 unspecified atom stereocenters. The molecular weight excluding hydrogens is 300 g/mol. The van der Waals surface area contributed by atoms with Crippen molar-refractivity contribution >= 4 is 17.7 Å². The number of carbonyl (C=O) groups is 2. The van der Waals surface area contributed by atoms with E-state index in [4.69, 9.17) is 9.84 Å². The number of para-hydroxylation sites is 1. The SMILES string of the molecule is O=C(O)N[C@H]1Cc2cc(Oc3ccccc3)ccc2N(O)C1=O. The Bertz CT molecular complexity index is 747. The second-order valence-corrected chi connectivity index (χ2v) is 5.06. The number of carboxylic acid groups (broad SMARTS) is 1. The van der Waals surface area contributed by atoms with E-state index in [9.17, 15) is 14.8 Å². The van der Waals surface area contributed by atoms with Gasteiger partial charge in [-0.1, -0.05) is 18.2 Å². The maximum Gasteiger partial charge on any atom is 0.405 e. The van der Waals surface area contributed by atoms with Crippen molar-refractivity contribution in [2.75, 3.05) is 5.06 Å². The first-order valence-corrected chi connectivity index (χ1v) is 6.93. The molecule has 0 aliphatic carbocycles. The number of nitrogens with zero attached hydrogens (tertiary/aromatic N) is 1. The predicted octanol–water partition coefficient (Wildman–Crippen LogP) is 2.39. The summed E-state index contributed by atoms with van der Waals surface area (Å²) in [6.07, 6.45) is -1.18. The molecule has 1 heterocycles. The standard InChI is InChI=1S/C16H14N2O5/c19-15-13(17-16(20)21)9-10-8-12(6-7-14(10)18(15)22)23-11-4-2-1-3-5-11/h1-8,13,17,22H,9H2,(H,20,21)/t13-/m0/s1. The van der Waals surface area contributed by atoms with Gasteiger partial charge in [-0.2, -0.15) is 5.06 Å². The molecule has 23 heavy (non-hydrogen) atoms. The summed E-state index contributed by atoms with van der Waals surface area (Å²) in [5, 5.41) is 21.2. The van der Waals surface area contributed by atoms with E-state index in [1.54, 1.807) is 30.3 Å². The van der Waals surface area contributed by atoms with E-state index in [1.807, 2.05) is 18.2 Å². The highest BCUT2D eigenvalue weighted by molar-refractivity contribution is 5.99. The summed E-state index contributed by atoms with van der Waals surface area (Å²) in [7, 11) is 0. The molecule has 0 fully saturated rings. The molecule has 2 aromatic carbocycles. The van der Waals surface area contributed by atoms with Crippen molar-refractivity contribution in [1.29, 1.82) is 0 Å². The molecule has 118 valence electrons. The van der Waals surface area contributed by atoms with Gasteiger partial charge in [-0.05, 0) is 35.9 Å². The van der Waals surface area contributed by atoms with Crippen molar-refractivity contribution in [2.24, 2.45) is 0 Å². The molecule has 2 amide bonds. The molecule has 2 aromatic rings. The number of hydroxylamine groups is 1. The van der Waals surface area contributed by atoms with E-state index in [2.05, 4.69) is 5.32 Å². The van der Waals surface area contributed by atoms with Crippen LogP contribution in [0.2, 0.25) is 0 Å². The van der Waals surface area contributed by atoms with E-state index in [0.717, 1.165) is 0 Å². The quantitative estimate of drug-likeness (QED) is 0.756. The molecule has 7 nitrogen and oxygen atoms in total. The molecule has 1 atom stereocenters. The summed E-state index contributed by atoms with van der Waals surface area (Å²) < 4.78 is 5.70. The zero-order valence-corrected chi connectivity index (χ0v) is 12.0. The summed E-state index contributed by atoms with van der Waals surface area (Å²) >= 11 is 0. The second kappa shape index (κ2) is 5.98. The highest BCUT2D eigenvalue weighted by atomic mass is 16.5. The van der Waals surface area contributed by atoms with E-state index >= 15 is 0 Å². The van der Waals surface area contributed by atoms with Gasteiger partial charge in [-0.25, -0.2) is 4.79 Å². The molecule has 0 spiro atoms. The Labute approximate surface area is 131 Å². The summed E-state index contributed by atoms with van der Waals surface area (Å²) in [4.78, 5) is 22.7. The third-order valence-electron chi connectivity index (χ3n) is 3.49. The number of benzene rings is 2. The lowest BCUT2D eigenvalue weighted by atomic mass is 9.98. The fourth-order valence-electron chi connectivity index (χ4n) is 2.46. The van der Waals surface area contributed by atoms with Crippen LogP contribution >= 0.6 is 0 Å². The number of ether oxygens (including phenoxy) is 1. The zero-order valence-electron chi connectivity index (χ0n) is 12.0. The fourth-order valence-corrected chi connectivity index (χ4v) is 2.46. The molecule has 0 saturated carbocycles. The molecule has 0 radical (unpaired) electrons. The minimum Gasteiger partial charge on any atom is -0.465 e. The maximum atomic E-state index is 11.9. The van der Waals surface area contributed by atoms with Gasteiger partial charge in [-0.15, -0.1) is 0 Å². The van der Waals surface area contributed by atoms with Crippen molar-refractivity contribution in [2.45, 2.75) is 12.5 Å². The van der Waals surface area contributed by atoms with Crippen LogP contribution in [0.15, 0.2) is 48.5 Å². The van der Waals surface area contributed by atoms with E-state index in [1.165, 1.54) is 0 Å². The van der Waals surface area contributed by atoms with Crippen molar-refractivity contribution in [3.8, 4) is 11.5 Å². The monoisotopic (exact) mass is 314 g/mol. The van der Waals surface area contributed by atoms with E-state index in [-0.39, 0.29) is 6.42 Å². The third-order valence-corrected chi connectivity index (χ3v) is 3.49. The van der Waals surface area contributed by atoms with Crippen molar-refractivity contribution in [3.05, 3.63) is 54.1 Å². The Morgan fingerprint density at radius 1 is 1.17 bits per heavy atom. The van der Waals surface area contributed by atoms with Crippen molar-refractivity contribution in [1.82, 2.24) is 5.32 Å². The van der Waals surface area contributed by atoms with Crippen LogP contribution < -0.4 is 15.1 Å². The molecule has 3 N–H and O–H groups in total. The maximum absolute atomic E-state index is 11.9. The first kappa shape index (κ1) is 14.9. The molecule has 0 saturated heterocycles. The number of fused-ring (bicyclic) bond motifs is 1. The van der Waals surface area contributed by atoms with Crippen LogP contribution in [-0.4, -0.2) is 28.4 Å². The van der Waals surface area contributed by atoms with Gasteiger partial charge in [-0.3, -0.25) is 10.0 Å². The Kier molecular flexibility index (Phi) is 3.86. The number of hydrogen-bond acceptors (Lipinski definition) is 4. The van der Waals surface area contributed by atoms with Gasteiger partial charge in [0.25, 0.3) is 5.91 Å². The van der Waals surface area contributed by atoms with Gasteiger partial charge in [0, 0.05) is 6.42 Å². The number of amides is 2. The lowest BCUT2D eigenvalue weighted by molar-refractivity contribution is -0.126. The average molecular weight is 314 g/mol. The van der Waals surface area contributed by atoms with Crippen LogP contribution in [0, 0.1) is 0 Å². The topological polar surface area (TPSA) is 99.1 Å². The van der Waals surface area contributed by atoms with Gasteiger partial charge in [0.1, 0.15) is 17.5 Å². The van der Waals surface area contributed by atoms with Crippen LogP contribution in [0.5, 0.6) is 11.5 Å². The van der Waals surface area contributed by atoms with Gasteiger partial charge >= 0.3 is 6.09 Å². The third kappa shape index (κ3) is 3.09. The molecule has 0 bridgehead atoms. The Morgan fingerprint density at radius 3 is 2.61 bits per heavy atom. The van der Waals surface area contributed by atoms with E-state index < -0.39 is 18.0 Å². The summed E-state index contributed by atoms with van der Waals surface area (Å²) in [6, 6.07) is 13.0. The zero-order chi connectivity index (χ0) is 16.4. The predicted molar refractivity (Wildman–Crippen MR) is 80.9 cm³/mol. The number of nitrogens with one attached hydrogen (secondary N) is 1. The van der Waals surface area contributed by atoms with Crippen LogP contribution in [0.1, 0.15) is 5.56 Å². The summed E-state index contributed by atoms with van der Waals surface area (Å²) in [5.41, 5.74) is 0.929. The molecule has 7 heteroatoms. The Morgan fingerprint density at radius 2 is 1.91 bits per heavy atom. The summed E-state index contributed by atoms with van der Waals surface area (Å²) in [6.45, 7) is 0. The van der Waals surface area contributed by atoms with Crippen molar-refractivity contribution < 1.29 is 24.6 Å². The molecule has 0 aromatic heterocycles. The molecular formula is C16H14N2O5. The van der Waals surface area contributed by atoms with Crippen LogP contribution in [0.3, 0.4) is 0 Å². The van der Waals surface area contributed by atoms with Gasteiger partial charge in [0.05, 0.1) is 5.69 Å². The lowest BCUT2D eigenvalue weighted by Crippen LogP contribution is -2.51. The van der Waals surface area contributed by atoms with E-state index in [0.29, 0.717) is 27.8 Å². The first-order chi connectivity index (χ1) is 11.0. The fraction of sp³-hybridized carbons (Fsp3) is 0.125. The number of rotatable bonds is 3. The Hall–Kier alpha value is -3.06. The second-order valence-electron chi connectivity index (χ2n) is 5.06. The molecule has 3 rings (SSSR count). The van der Waals surface area contributed by atoms with Gasteiger partial charge < -0.3 is 15.2 Å². The minimum absolute atomic E-state index is 0.142. The van der Waals surface area contributed by atoms with Gasteiger partial charge in [0.15, 0.2) is 0 Å². The highest BCUT2D eigenvalue weighted by Crippen LogP contribution is 2.32. The normalized spacial score (nSPS) is 16.7. The van der Waals surface area contributed by atoms with Gasteiger partial charge in [0.2, 0.25) is 0 Å². The largest absolute Gasteiger partial charge is 0.465 e. The number of hydrogen-bond donors (Lipinski definition) is 3. The van der Waals surface area contributed by atoms with Crippen LogP contribution in [0.25, 0.3) is 0 Å². The molecule has 1 aliphatic rings. The average Bonchev–Trinajstić information content (AvgIpc) is 2.53. The van der Waals surface area contributed by atoms with Crippen LogP contribution in [0.4, 0.5) is 10.5 Å². The first-order valence-electron chi connectivity index (χ1n) is 6.93. The number of anilines is 1. The summed E-state index contributed by atoms with van der Waals surface area (Å²) in [5.74, 6) is 0.476. The lowest BCUT2D eigenvalue weighted by Gasteiger charge is -2.29.